The van der Waals surface area contributed by atoms with Crippen LogP contribution in [-0.2, 0) is 6.42 Å². The highest BCUT2D eigenvalue weighted by molar-refractivity contribution is 5.75. The van der Waals surface area contributed by atoms with E-state index in [2.05, 4.69) is 37.1 Å². The number of hydrogen-bond donors (Lipinski definition) is 1. The molecule has 0 saturated carbocycles. The van der Waals surface area contributed by atoms with Crippen LogP contribution in [0.25, 0.3) is 28.3 Å². The average molecular weight is 500 g/mol. The molecule has 0 aliphatic carbocycles. The van der Waals surface area contributed by atoms with Crippen molar-refractivity contribution in [3.05, 3.63) is 47.5 Å². The third kappa shape index (κ3) is 4.67. The predicted octanol–water partition coefficient (Wildman–Crippen LogP) is 4.80. The van der Waals surface area contributed by atoms with Crippen molar-refractivity contribution in [2.45, 2.75) is 45.2 Å². The Morgan fingerprint density at radius 1 is 1.17 bits per heavy atom. The van der Waals surface area contributed by atoms with E-state index in [9.17, 15) is 13.2 Å². The lowest BCUT2D eigenvalue weighted by Crippen LogP contribution is -2.32. The quantitative estimate of drug-likeness (QED) is 0.410. The molecule has 0 bridgehead atoms. The van der Waals surface area contributed by atoms with E-state index in [1.165, 1.54) is 18.0 Å². The second-order valence-corrected chi connectivity index (χ2v) is 9.18. The number of rotatable bonds is 6. The van der Waals surface area contributed by atoms with Gasteiger partial charge in [0.1, 0.15) is 6.33 Å². The summed E-state index contributed by atoms with van der Waals surface area (Å²) in [7, 11) is 1.47. The van der Waals surface area contributed by atoms with Crippen LogP contribution in [0.3, 0.4) is 0 Å². The molecule has 36 heavy (non-hydrogen) atoms. The van der Waals surface area contributed by atoms with E-state index in [4.69, 9.17) is 4.74 Å². The van der Waals surface area contributed by atoms with E-state index < -0.39 is 12.6 Å². The third-order valence-electron chi connectivity index (χ3n) is 6.96. The van der Waals surface area contributed by atoms with Crippen molar-refractivity contribution in [1.82, 2.24) is 34.7 Å². The standard InChI is InChI=1S/C25H28F3N7O/c1-4-34-7-5-16(6-8-34)19-12-29-20(9-15(19)2)23-18(11-25(26,27)28)22(32-33-23)17-10-21(36-3)24-30-14-31-35(24)13-17/h9-10,12-14,16H,4-8,11H2,1-3H3,(H,32,33). The second kappa shape index (κ2) is 9.53. The zero-order valence-corrected chi connectivity index (χ0v) is 20.4. The van der Waals surface area contributed by atoms with Crippen molar-refractivity contribution in [3.63, 3.8) is 0 Å². The molecule has 0 aromatic carbocycles. The Kier molecular flexibility index (Phi) is 6.42. The van der Waals surface area contributed by atoms with Gasteiger partial charge in [-0.15, -0.1) is 0 Å². The molecule has 11 heteroatoms. The summed E-state index contributed by atoms with van der Waals surface area (Å²) in [5.41, 5.74) is 3.98. The Bertz CT molecular complexity index is 1370. The summed E-state index contributed by atoms with van der Waals surface area (Å²) in [6.45, 7) is 7.29. The van der Waals surface area contributed by atoms with Crippen LogP contribution in [-0.4, -0.2) is 67.6 Å². The topological polar surface area (TPSA) is 84.2 Å². The van der Waals surface area contributed by atoms with Crippen molar-refractivity contribution in [3.8, 4) is 28.4 Å². The zero-order valence-electron chi connectivity index (χ0n) is 20.4. The normalized spacial score (nSPS) is 15.6. The van der Waals surface area contributed by atoms with E-state index in [1.54, 1.807) is 12.3 Å². The molecule has 1 N–H and O–H groups in total. The first kappa shape index (κ1) is 24.2. The number of aryl methyl sites for hydroxylation is 1. The number of piperidine rings is 1. The van der Waals surface area contributed by atoms with Crippen LogP contribution in [0.4, 0.5) is 13.2 Å². The molecule has 4 aromatic heterocycles. The van der Waals surface area contributed by atoms with Gasteiger partial charge < -0.3 is 9.64 Å². The lowest BCUT2D eigenvalue weighted by atomic mass is 9.87. The number of ether oxygens (including phenoxy) is 1. The number of alkyl halides is 3. The molecule has 190 valence electrons. The van der Waals surface area contributed by atoms with E-state index in [0.717, 1.165) is 43.6 Å². The molecule has 0 atom stereocenters. The van der Waals surface area contributed by atoms with Gasteiger partial charge in [0.15, 0.2) is 11.4 Å². The van der Waals surface area contributed by atoms with Gasteiger partial charge in [0.25, 0.3) is 0 Å². The molecule has 1 saturated heterocycles. The molecule has 4 aromatic rings. The summed E-state index contributed by atoms with van der Waals surface area (Å²) in [5.74, 6) is 0.795. The van der Waals surface area contributed by atoms with Gasteiger partial charge in [0, 0.05) is 23.5 Å². The van der Waals surface area contributed by atoms with Crippen molar-refractivity contribution in [2.24, 2.45) is 0 Å². The summed E-state index contributed by atoms with van der Waals surface area (Å²) < 4.78 is 47.9. The van der Waals surface area contributed by atoms with Crippen LogP contribution in [0, 0.1) is 6.92 Å². The Morgan fingerprint density at radius 2 is 1.94 bits per heavy atom. The maximum Gasteiger partial charge on any atom is 0.393 e. The minimum atomic E-state index is -4.43. The Morgan fingerprint density at radius 3 is 2.61 bits per heavy atom. The Hall–Kier alpha value is -3.47. The minimum Gasteiger partial charge on any atom is -0.493 e. The average Bonchev–Trinajstić information content (AvgIpc) is 3.49. The third-order valence-corrected chi connectivity index (χ3v) is 6.96. The first-order chi connectivity index (χ1) is 17.3. The monoisotopic (exact) mass is 499 g/mol. The van der Waals surface area contributed by atoms with Crippen molar-refractivity contribution < 1.29 is 17.9 Å². The molecule has 1 aliphatic rings. The molecule has 0 spiro atoms. The predicted molar refractivity (Wildman–Crippen MR) is 129 cm³/mol. The highest BCUT2D eigenvalue weighted by Gasteiger charge is 2.33. The SMILES string of the molecule is CCN1CCC(c2cnc(-c3[nH]nc(-c4cc(OC)c5ncnn5c4)c3CC(F)(F)F)cc2C)CC1. The number of hydrogen-bond acceptors (Lipinski definition) is 6. The summed E-state index contributed by atoms with van der Waals surface area (Å²) in [4.78, 5) is 11.1. The van der Waals surface area contributed by atoms with Crippen LogP contribution in [0.2, 0.25) is 0 Å². The van der Waals surface area contributed by atoms with Gasteiger partial charge in [-0.25, -0.2) is 9.50 Å². The van der Waals surface area contributed by atoms with Crippen LogP contribution in [0.15, 0.2) is 30.9 Å². The van der Waals surface area contributed by atoms with Gasteiger partial charge in [-0.05, 0) is 68.6 Å². The number of H-pyrrole nitrogens is 1. The number of methoxy groups -OCH3 is 1. The number of nitrogens with zero attached hydrogens (tertiary/aromatic N) is 6. The Labute approximate surface area is 206 Å². The maximum atomic E-state index is 13.7. The van der Waals surface area contributed by atoms with Crippen molar-refractivity contribution >= 4 is 5.65 Å². The first-order valence-corrected chi connectivity index (χ1v) is 12.0. The molecular weight excluding hydrogens is 471 g/mol. The van der Waals surface area contributed by atoms with E-state index in [-0.39, 0.29) is 17.0 Å². The largest absolute Gasteiger partial charge is 0.493 e. The first-order valence-electron chi connectivity index (χ1n) is 12.0. The van der Waals surface area contributed by atoms with Gasteiger partial charge in [0.2, 0.25) is 0 Å². The molecule has 1 fully saturated rings. The second-order valence-electron chi connectivity index (χ2n) is 9.18. The zero-order chi connectivity index (χ0) is 25.4. The highest BCUT2D eigenvalue weighted by atomic mass is 19.4. The molecule has 8 nitrogen and oxygen atoms in total. The van der Waals surface area contributed by atoms with Gasteiger partial charge in [-0.3, -0.25) is 10.1 Å². The number of likely N-dealkylation sites (tertiary alicyclic amines) is 1. The summed E-state index contributed by atoms with van der Waals surface area (Å²) >= 11 is 0. The van der Waals surface area contributed by atoms with Gasteiger partial charge in [0.05, 0.1) is 30.6 Å². The number of aromatic nitrogens is 6. The molecule has 0 amide bonds. The summed E-state index contributed by atoms with van der Waals surface area (Å²) in [5, 5.41) is 11.2. The van der Waals surface area contributed by atoms with Crippen LogP contribution in [0.1, 0.15) is 42.4 Å². The van der Waals surface area contributed by atoms with Gasteiger partial charge in [-0.1, -0.05) is 6.92 Å². The smallest absolute Gasteiger partial charge is 0.393 e. The fourth-order valence-electron chi connectivity index (χ4n) is 5.05. The van der Waals surface area contributed by atoms with E-state index in [1.807, 2.05) is 19.2 Å². The van der Waals surface area contributed by atoms with E-state index in [0.29, 0.717) is 28.6 Å². The number of nitrogens with one attached hydrogen (secondary N) is 1. The molecule has 0 unspecified atom stereocenters. The fourth-order valence-corrected chi connectivity index (χ4v) is 5.05. The fraction of sp³-hybridized carbons (Fsp3) is 0.440. The number of aromatic amines is 1. The molecule has 1 aliphatic heterocycles. The summed E-state index contributed by atoms with van der Waals surface area (Å²) in [6.07, 6.45) is 1.29. The van der Waals surface area contributed by atoms with Crippen LogP contribution < -0.4 is 4.74 Å². The van der Waals surface area contributed by atoms with Crippen LogP contribution in [0.5, 0.6) is 5.75 Å². The lowest BCUT2D eigenvalue weighted by molar-refractivity contribution is -0.127. The maximum absolute atomic E-state index is 13.7. The molecule has 0 radical (unpaired) electrons. The lowest BCUT2D eigenvalue weighted by Gasteiger charge is -2.31. The number of fused-ring (bicyclic) bond motifs is 1. The van der Waals surface area contributed by atoms with E-state index >= 15 is 0 Å². The highest BCUT2D eigenvalue weighted by Crippen LogP contribution is 2.37. The van der Waals surface area contributed by atoms with Crippen LogP contribution >= 0.6 is 0 Å². The van der Waals surface area contributed by atoms with Gasteiger partial charge in [-0.2, -0.15) is 23.4 Å². The van der Waals surface area contributed by atoms with Crippen molar-refractivity contribution in [1.29, 1.82) is 0 Å². The molecular formula is C25H28F3N7O. The summed E-state index contributed by atoms with van der Waals surface area (Å²) in [6, 6.07) is 3.48. The number of pyridine rings is 2. The molecule has 5 heterocycles. The molecule has 5 rings (SSSR count). The Balaban J connectivity index is 1.54. The van der Waals surface area contributed by atoms with Gasteiger partial charge >= 0.3 is 6.18 Å². The number of halogens is 3. The van der Waals surface area contributed by atoms with Crippen molar-refractivity contribution in [2.75, 3.05) is 26.7 Å². The minimum absolute atomic E-state index is 0.0277.